The SMILES string of the molecule is CN(C)C(=O)c1cccc(N)c1.CN(C)C(=O)c1cccc([N+](=O)[O-])c1.CNC.O=[N+]([O-])c1cccc(S(=O)Cl)c1. The Hall–Kier alpha value is -4.40. The van der Waals surface area contributed by atoms with Gasteiger partial charge in [-0.25, -0.2) is 4.21 Å². The lowest BCUT2D eigenvalue weighted by atomic mass is 10.2. The molecule has 1 atom stereocenters. The lowest BCUT2D eigenvalue weighted by molar-refractivity contribution is -0.385. The highest BCUT2D eigenvalue weighted by molar-refractivity contribution is 8.08. The number of hydrogen-bond donors (Lipinski definition) is 2. The van der Waals surface area contributed by atoms with Gasteiger partial charge >= 0.3 is 0 Å². The van der Waals surface area contributed by atoms with E-state index in [0.717, 1.165) is 0 Å². The van der Waals surface area contributed by atoms with E-state index >= 15 is 0 Å². The number of carbonyl (C=O) groups excluding carboxylic acids is 2. The van der Waals surface area contributed by atoms with Gasteiger partial charge in [0.2, 0.25) is 0 Å². The van der Waals surface area contributed by atoms with Gasteiger partial charge in [-0.2, -0.15) is 0 Å². The smallest absolute Gasteiger partial charge is 0.270 e. The van der Waals surface area contributed by atoms with Gasteiger partial charge in [0.1, 0.15) is 10.0 Å². The normalized spacial score (nSPS) is 10.1. The fraction of sp³-hybridized carbons (Fsp3) is 0.231. The van der Waals surface area contributed by atoms with Crippen LogP contribution in [0.5, 0.6) is 0 Å². The van der Waals surface area contributed by atoms with Crippen molar-refractivity contribution in [1.29, 1.82) is 0 Å². The third kappa shape index (κ3) is 14.0. The number of rotatable bonds is 5. The van der Waals surface area contributed by atoms with Gasteiger partial charge in [-0.15, -0.1) is 0 Å². The maximum Gasteiger partial charge on any atom is 0.270 e. The first-order valence-electron chi connectivity index (χ1n) is 11.6. The van der Waals surface area contributed by atoms with E-state index in [1.54, 1.807) is 58.5 Å². The molecule has 0 aliphatic rings. The molecular weight excluding hydrogens is 576 g/mol. The molecule has 3 N–H and O–H groups in total. The second kappa shape index (κ2) is 18.8. The van der Waals surface area contributed by atoms with Crippen LogP contribution in [0.15, 0.2) is 77.7 Å². The minimum Gasteiger partial charge on any atom is -0.399 e. The molecule has 3 aromatic rings. The number of nitrogens with zero attached hydrogens (tertiary/aromatic N) is 4. The standard InChI is InChI=1S/C9H10N2O3.C9H12N2O.C6H4ClNO3S.C2H7N/c1-10(2)9(12)7-4-3-5-8(6-7)11(13)14;1-11(2)9(12)7-4-3-5-8(10)6-7;7-12(11)6-3-1-2-5(4-6)8(9)10;1-3-2/h3-6H,1-2H3;3-6H,10H2,1-2H3;1-4H;3H,1-2H3. The first-order valence-corrected chi connectivity index (χ1v) is 13.6. The fourth-order valence-electron chi connectivity index (χ4n) is 2.64. The largest absolute Gasteiger partial charge is 0.399 e. The summed E-state index contributed by atoms with van der Waals surface area (Å²) in [5, 5.41) is 23.4. The molecule has 0 radical (unpaired) electrons. The Morgan fingerprint density at radius 1 is 0.780 bits per heavy atom. The number of nitrogens with two attached hydrogens (primary N) is 1. The average Bonchev–Trinajstić information content (AvgIpc) is 2.93. The Bertz CT molecular complexity index is 1330. The number of non-ortho nitro benzene ring substituents is 2. The van der Waals surface area contributed by atoms with Crippen LogP contribution in [-0.4, -0.2) is 78.0 Å². The zero-order chi connectivity index (χ0) is 31.7. The van der Waals surface area contributed by atoms with Crippen molar-refractivity contribution in [1.82, 2.24) is 15.1 Å². The lowest BCUT2D eigenvalue weighted by Gasteiger charge is -2.09. The van der Waals surface area contributed by atoms with Crippen molar-refractivity contribution < 1.29 is 23.6 Å². The summed E-state index contributed by atoms with van der Waals surface area (Å²) < 4.78 is 10.7. The summed E-state index contributed by atoms with van der Waals surface area (Å²) in [6.07, 6.45) is 0. The fourth-order valence-corrected chi connectivity index (χ4v) is 3.32. The second-order valence-electron chi connectivity index (χ2n) is 8.31. The monoisotopic (exact) mass is 608 g/mol. The number of nitro groups is 2. The molecule has 0 saturated carbocycles. The van der Waals surface area contributed by atoms with Gasteiger partial charge in [-0.3, -0.25) is 29.8 Å². The number of nitro benzene ring substituents is 2. The summed E-state index contributed by atoms with van der Waals surface area (Å²) in [6.45, 7) is 0. The predicted octanol–water partition coefficient (Wildman–Crippen LogP) is 3.96. The van der Waals surface area contributed by atoms with Gasteiger partial charge in [0.15, 0.2) is 0 Å². The minimum absolute atomic E-state index is 0.0256. The van der Waals surface area contributed by atoms with E-state index in [9.17, 15) is 34.0 Å². The molecule has 0 bridgehead atoms. The molecule has 0 aromatic heterocycles. The Balaban J connectivity index is 0.000000559. The third-order valence-corrected chi connectivity index (χ3v) is 5.62. The molecule has 13 nitrogen and oxygen atoms in total. The number of hydrogen-bond acceptors (Lipinski definition) is 9. The van der Waals surface area contributed by atoms with Crippen molar-refractivity contribution in [2.75, 3.05) is 48.0 Å². The van der Waals surface area contributed by atoms with Crippen LogP contribution in [0, 0.1) is 20.2 Å². The van der Waals surface area contributed by atoms with Crippen molar-refractivity contribution in [3.05, 3.63) is 104 Å². The van der Waals surface area contributed by atoms with Crippen molar-refractivity contribution in [2.24, 2.45) is 0 Å². The van der Waals surface area contributed by atoms with Crippen LogP contribution in [0.1, 0.15) is 20.7 Å². The number of amides is 2. The van der Waals surface area contributed by atoms with Gasteiger partial charge in [0, 0.05) is 69.3 Å². The van der Waals surface area contributed by atoms with Crippen LogP contribution in [0.25, 0.3) is 0 Å². The molecule has 3 rings (SSSR count). The molecule has 0 fully saturated rings. The summed E-state index contributed by atoms with van der Waals surface area (Å²) in [5.41, 5.74) is 6.91. The van der Waals surface area contributed by atoms with Crippen molar-refractivity contribution in [3.63, 3.8) is 0 Å². The van der Waals surface area contributed by atoms with Gasteiger partial charge < -0.3 is 20.9 Å². The molecule has 0 spiro atoms. The van der Waals surface area contributed by atoms with E-state index < -0.39 is 19.9 Å². The Morgan fingerprint density at radius 2 is 1.17 bits per heavy atom. The molecular formula is C26H33ClN6O7S. The number of carbonyl (C=O) groups is 2. The molecule has 0 heterocycles. The Labute approximate surface area is 245 Å². The quantitative estimate of drug-likeness (QED) is 0.187. The molecule has 41 heavy (non-hydrogen) atoms. The van der Waals surface area contributed by atoms with E-state index in [4.69, 9.17) is 16.4 Å². The lowest BCUT2D eigenvalue weighted by Crippen LogP contribution is -2.21. The van der Waals surface area contributed by atoms with Crippen molar-refractivity contribution >= 4 is 49.6 Å². The van der Waals surface area contributed by atoms with Gasteiger partial charge in [-0.05, 0) is 55.1 Å². The number of nitrogen functional groups attached to an aromatic ring is 1. The molecule has 3 aromatic carbocycles. The Kier molecular flexibility index (Phi) is 16.8. The van der Waals surface area contributed by atoms with E-state index in [1.165, 1.54) is 52.3 Å². The highest BCUT2D eigenvalue weighted by Crippen LogP contribution is 2.17. The molecule has 0 saturated heterocycles. The first-order chi connectivity index (χ1) is 19.2. The van der Waals surface area contributed by atoms with Crippen LogP contribution < -0.4 is 11.1 Å². The molecule has 222 valence electrons. The van der Waals surface area contributed by atoms with E-state index in [1.807, 2.05) is 14.1 Å². The minimum atomic E-state index is -1.69. The summed E-state index contributed by atoms with van der Waals surface area (Å²) in [7, 11) is 13.9. The number of nitrogens with one attached hydrogen (secondary N) is 1. The van der Waals surface area contributed by atoms with Crippen LogP contribution in [0.4, 0.5) is 17.1 Å². The topological polar surface area (TPSA) is 182 Å². The first kappa shape index (κ1) is 36.6. The summed E-state index contributed by atoms with van der Waals surface area (Å²) >= 11 is 0. The van der Waals surface area contributed by atoms with E-state index in [2.05, 4.69) is 5.32 Å². The average molecular weight is 609 g/mol. The van der Waals surface area contributed by atoms with Crippen LogP contribution >= 0.6 is 10.7 Å². The highest BCUT2D eigenvalue weighted by Gasteiger charge is 2.12. The maximum atomic E-state index is 11.4. The van der Waals surface area contributed by atoms with Crippen LogP contribution in [0.3, 0.4) is 0 Å². The third-order valence-electron chi connectivity index (χ3n) is 4.46. The van der Waals surface area contributed by atoms with Gasteiger partial charge in [0.05, 0.1) is 14.7 Å². The van der Waals surface area contributed by atoms with Crippen LogP contribution in [0.2, 0.25) is 0 Å². The zero-order valence-electron chi connectivity index (χ0n) is 23.4. The Morgan fingerprint density at radius 3 is 1.56 bits per heavy atom. The summed E-state index contributed by atoms with van der Waals surface area (Å²) in [4.78, 5) is 45.5. The predicted molar refractivity (Wildman–Crippen MR) is 160 cm³/mol. The second-order valence-corrected chi connectivity index (χ2v) is 10.1. The maximum absolute atomic E-state index is 11.4. The van der Waals surface area contributed by atoms with Crippen molar-refractivity contribution in [3.8, 4) is 0 Å². The van der Waals surface area contributed by atoms with Gasteiger partial charge in [-0.1, -0.05) is 18.2 Å². The molecule has 2 amide bonds. The van der Waals surface area contributed by atoms with Gasteiger partial charge in [0.25, 0.3) is 23.2 Å². The molecule has 15 heteroatoms. The number of benzene rings is 3. The summed E-state index contributed by atoms with van der Waals surface area (Å²) in [5.74, 6) is -0.268. The molecule has 1 unspecified atom stereocenters. The number of anilines is 1. The molecule has 0 aliphatic carbocycles. The van der Waals surface area contributed by atoms with E-state index in [-0.39, 0.29) is 28.1 Å². The summed E-state index contributed by atoms with van der Waals surface area (Å²) in [6, 6.07) is 18.0. The highest BCUT2D eigenvalue weighted by atomic mass is 35.7. The van der Waals surface area contributed by atoms with E-state index in [0.29, 0.717) is 16.8 Å². The zero-order valence-corrected chi connectivity index (χ0v) is 25.0. The van der Waals surface area contributed by atoms with Crippen LogP contribution in [-0.2, 0) is 10.0 Å². The molecule has 0 aliphatic heterocycles. The van der Waals surface area contributed by atoms with Crippen molar-refractivity contribution in [2.45, 2.75) is 4.90 Å². The number of halogens is 1.